The van der Waals surface area contributed by atoms with Gasteiger partial charge in [0.2, 0.25) is 0 Å². The summed E-state index contributed by atoms with van der Waals surface area (Å²) in [6.45, 7) is 5.12. The second-order valence-electron chi connectivity index (χ2n) is 5.65. The van der Waals surface area contributed by atoms with Crippen LogP contribution in [0.1, 0.15) is 33.1 Å². The summed E-state index contributed by atoms with van der Waals surface area (Å²) in [6.07, 6.45) is 3.50. The van der Waals surface area contributed by atoms with E-state index < -0.39 is 0 Å². The maximum absolute atomic E-state index is 13.3. The smallest absolute Gasteiger partial charge is 0.125 e. The van der Waals surface area contributed by atoms with Crippen LogP contribution in [0.3, 0.4) is 0 Å². The molecule has 1 aliphatic carbocycles. The first-order valence-electron chi connectivity index (χ1n) is 6.81. The molecule has 2 rings (SSSR count). The molecule has 0 aromatic heterocycles. The molecule has 18 heavy (non-hydrogen) atoms. The number of benzene rings is 1. The van der Waals surface area contributed by atoms with Crippen molar-refractivity contribution in [1.29, 1.82) is 0 Å². The molecule has 3 heteroatoms. The number of halogens is 1. The summed E-state index contributed by atoms with van der Waals surface area (Å²) in [5.41, 5.74) is 6.76. The molecule has 0 aliphatic heterocycles. The van der Waals surface area contributed by atoms with Gasteiger partial charge in [-0.25, -0.2) is 4.39 Å². The molecule has 1 aromatic carbocycles. The van der Waals surface area contributed by atoms with Crippen LogP contribution >= 0.6 is 0 Å². The van der Waals surface area contributed by atoms with E-state index in [4.69, 9.17) is 5.73 Å². The number of hydrogen-bond donors (Lipinski definition) is 2. The van der Waals surface area contributed by atoms with E-state index in [9.17, 15) is 4.39 Å². The first kappa shape index (κ1) is 13.3. The fourth-order valence-corrected chi connectivity index (χ4v) is 3.13. The third-order valence-corrected chi connectivity index (χ3v) is 4.59. The largest absolute Gasteiger partial charge is 0.378 e. The zero-order valence-electron chi connectivity index (χ0n) is 11.2. The van der Waals surface area contributed by atoms with Gasteiger partial charge in [0.25, 0.3) is 0 Å². The molecule has 3 atom stereocenters. The number of anilines is 1. The van der Waals surface area contributed by atoms with E-state index >= 15 is 0 Å². The predicted molar refractivity (Wildman–Crippen MR) is 74.0 cm³/mol. The van der Waals surface area contributed by atoms with Crippen LogP contribution in [0.5, 0.6) is 0 Å². The SMILES string of the molecule is CC1CCCC(CN)(Nc2cccc(F)c2)C1C. The minimum absolute atomic E-state index is 0.0918. The van der Waals surface area contributed by atoms with Gasteiger partial charge < -0.3 is 11.1 Å². The Morgan fingerprint density at radius 3 is 2.89 bits per heavy atom. The Kier molecular flexibility index (Phi) is 3.91. The zero-order chi connectivity index (χ0) is 13.2. The van der Waals surface area contributed by atoms with Gasteiger partial charge in [0.15, 0.2) is 0 Å². The van der Waals surface area contributed by atoms with Crippen molar-refractivity contribution < 1.29 is 4.39 Å². The van der Waals surface area contributed by atoms with Gasteiger partial charge in [0.1, 0.15) is 5.82 Å². The molecule has 0 spiro atoms. The second kappa shape index (κ2) is 5.27. The molecule has 0 radical (unpaired) electrons. The molecular formula is C15H23FN2. The highest BCUT2D eigenvalue weighted by Gasteiger charge is 2.40. The van der Waals surface area contributed by atoms with E-state index in [2.05, 4.69) is 19.2 Å². The Bertz CT molecular complexity index is 407. The van der Waals surface area contributed by atoms with Crippen molar-refractivity contribution in [1.82, 2.24) is 0 Å². The van der Waals surface area contributed by atoms with Crippen molar-refractivity contribution in [2.75, 3.05) is 11.9 Å². The third kappa shape index (κ3) is 2.51. The quantitative estimate of drug-likeness (QED) is 0.863. The summed E-state index contributed by atoms with van der Waals surface area (Å²) in [7, 11) is 0. The maximum atomic E-state index is 13.3. The van der Waals surface area contributed by atoms with Gasteiger partial charge in [0, 0.05) is 12.2 Å². The van der Waals surface area contributed by atoms with Crippen LogP contribution in [0.4, 0.5) is 10.1 Å². The average Bonchev–Trinajstić information content (AvgIpc) is 2.35. The lowest BCUT2D eigenvalue weighted by Gasteiger charge is -2.46. The first-order valence-corrected chi connectivity index (χ1v) is 6.81. The van der Waals surface area contributed by atoms with Gasteiger partial charge in [-0.05, 0) is 36.5 Å². The molecule has 0 saturated heterocycles. The van der Waals surface area contributed by atoms with Crippen LogP contribution in [0.25, 0.3) is 0 Å². The van der Waals surface area contributed by atoms with Crippen molar-refractivity contribution in [3.63, 3.8) is 0 Å². The molecule has 100 valence electrons. The predicted octanol–water partition coefficient (Wildman–Crippen LogP) is 3.39. The molecule has 3 N–H and O–H groups in total. The lowest BCUT2D eigenvalue weighted by atomic mass is 9.68. The highest BCUT2D eigenvalue weighted by molar-refractivity contribution is 5.46. The van der Waals surface area contributed by atoms with Crippen molar-refractivity contribution >= 4 is 5.69 Å². The van der Waals surface area contributed by atoms with Crippen LogP contribution < -0.4 is 11.1 Å². The Hall–Kier alpha value is -1.09. The van der Waals surface area contributed by atoms with Crippen LogP contribution in [0.2, 0.25) is 0 Å². The lowest BCUT2D eigenvalue weighted by molar-refractivity contribution is 0.168. The Morgan fingerprint density at radius 2 is 2.22 bits per heavy atom. The molecule has 1 aromatic rings. The molecule has 0 bridgehead atoms. The molecule has 3 unspecified atom stereocenters. The molecular weight excluding hydrogens is 227 g/mol. The number of nitrogens with two attached hydrogens (primary N) is 1. The zero-order valence-corrected chi connectivity index (χ0v) is 11.2. The highest BCUT2D eigenvalue weighted by Crippen LogP contribution is 2.39. The maximum Gasteiger partial charge on any atom is 0.125 e. The topological polar surface area (TPSA) is 38.0 Å². The van der Waals surface area contributed by atoms with Crippen LogP contribution in [0, 0.1) is 17.7 Å². The van der Waals surface area contributed by atoms with E-state index in [1.54, 1.807) is 12.1 Å². The van der Waals surface area contributed by atoms with Crippen LogP contribution in [-0.4, -0.2) is 12.1 Å². The normalized spacial score (nSPS) is 32.2. The van der Waals surface area contributed by atoms with Crippen LogP contribution in [0.15, 0.2) is 24.3 Å². The van der Waals surface area contributed by atoms with Gasteiger partial charge in [-0.15, -0.1) is 0 Å². The average molecular weight is 250 g/mol. The summed E-state index contributed by atoms with van der Waals surface area (Å²) < 4.78 is 13.3. The summed E-state index contributed by atoms with van der Waals surface area (Å²) >= 11 is 0. The summed E-state index contributed by atoms with van der Waals surface area (Å²) in [6, 6.07) is 6.65. The molecule has 1 fully saturated rings. The van der Waals surface area contributed by atoms with Gasteiger partial charge in [-0.3, -0.25) is 0 Å². The van der Waals surface area contributed by atoms with Gasteiger partial charge in [-0.1, -0.05) is 32.8 Å². The Balaban J connectivity index is 2.22. The van der Waals surface area contributed by atoms with E-state index in [-0.39, 0.29) is 11.4 Å². The van der Waals surface area contributed by atoms with Crippen molar-refractivity contribution in [3.8, 4) is 0 Å². The standard InChI is InChI=1S/C15H23FN2/c1-11-5-4-8-15(10-17,12(11)2)18-14-7-3-6-13(16)9-14/h3,6-7,9,11-12,18H,4-5,8,10,17H2,1-2H3. The van der Waals surface area contributed by atoms with E-state index in [0.29, 0.717) is 18.4 Å². The number of nitrogens with one attached hydrogen (secondary N) is 1. The fourth-order valence-electron chi connectivity index (χ4n) is 3.13. The van der Waals surface area contributed by atoms with Gasteiger partial charge in [0.05, 0.1) is 5.54 Å². The minimum atomic E-state index is -0.205. The second-order valence-corrected chi connectivity index (χ2v) is 5.65. The van der Waals surface area contributed by atoms with Gasteiger partial charge >= 0.3 is 0 Å². The Labute approximate surface area is 109 Å². The first-order chi connectivity index (χ1) is 8.57. The lowest BCUT2D eigenvalue weighted by Crippen LogP contribution is -2.54. The monoisotopic (exact) mass is 250 g/mol. The highest BCUT2D eigenvalue weighted by atomic mass is 19.1. The molecule has 1 saturated carbocycles. The van der Waals surface area contributed by atoms with Crippen molar-refractivity contribution in [2.24, 2.45) is 17.6 Å². The molecule has 0 amide bonds. The molecule has 0 heterocycles. The van der Waals surface area contributed by atoms with Gasteiger partial charge in [-0.2, -0.15) is 0 Å². The van der Waals surface area contributed by atoms with E-state index in [1.807, 2.05) is 6.07 Å². The van der Waals surface area contributed by atoms with Crippen molar-refractivity contribution in [3.05, 3.63) is 30.1 Å². The Morgan fingerprint density at radius 1 is 1.44 bits per heavy atom. The summed E-state index contributed by atoms with van der Waals surface area (Å²) in [5, 5.41) is 3.50. The molecule has 2 nitrogen and oxygen atoms in total. The number of hydrogen-bond acceptors (Lipinski definition) is 2. The third-order valence-electron chi connectivity index (χ3n) is 4.59. The fraction of sp³-hybridized carbons (Fsp3) is 0.600. The summed E-state index contributed by atoms with van der Waals surface area (Å²) in [5.74, 6) is 0.951. The molecule has 1 aliphatic rings. The number of rotatable bonds is 3. The van der Waals surface area contributed by atoms with E-state index in [1.165, 1.54) is 18.9 Å². The summed E-state index contributed by atoms with van der Waals surface area (Å²) in [4.78, 5) is 0. The van der Waals surface area contributed by atoms with E-state index in [0.717, 1.165) is 12.1 Å². The minimum Gasteiger partial charge on any atom is -0.378 e. The van der Waals surface area contributed by atoms with Crippen molar-refractivity contribution in [2.45, 2.75) is 38.6 Å². The van der Waals surface area contributed by atoms with Crippen LogP contribution in [-0.2, 0) is 0 Å².